The molecule has 2 aliphatic heterocycles. The van der Waals surface area contributed by atoms with Crippen LogP contribution in [0, 0.1) is 5.82 Å². The van der Waals surface area contributed by atoms with E-state index in [1.807, 2.05) is 15.9 Å². The van der Waals surface area contributed by atoms with Gasteiger partial charge in [0.1, 0.15) is 5.82 Å². The number of carbonyl (C=O) groups excluding carboxylic acids is 2. The minimum Gasteiger partial charge on any atom is -0.376 e. The number of nitrogens with zero attached hydrogens (tertiary/aromatic N) is 3. The van der Waals surface area contributed by atoms with Crippen molar-refractivity contribution in [2.24, 2.45) is 0 Å². The van der Waals surface area contributed by atoms with E-state index in [2.05, 4.69) is 0 Å². The third-order valence-corrected chi connectivity index (χ3v) is 5.31. The SMILES string of the molecule is CC(=O)N(CCC(=O)N1CCN(c2ccccc2F)CC1)CC1CCCO1. The predicted molar refractivity (Wildman–Crippen MR) is 101 cm³/mol. The molecule has 0 aliphatic carbocycles. The van der Waals surface area contributed by atoms with Gasteiger partial charge in [-0.2, -0.15) is 0 Å². The van der Waals surface area contributed by atoms with Crippen LogP contribution in [0.15, 0.2) is 24.3 Å². The Balaban J connectivity index is 1.46. The summed E-state index contributed by atoms with van der Waals surface area (Å²) in [5.41, 5.74) is 0.587. The number of anilines is 1. The summed E-state index contributed by atoms with van der Waals surface area (Å²) >= 11 is 0. The first kappa shape index (κ1) is 19.6. The number of amides is 2. The average molecular weight is 377 g/mol. The number of rotatable bonds is 6. The van der Waals surface area contributed by atoms with E-state index in [-0.39, 0.29) is 23.7 Å². The monoisotopic (exact) mass is 377 g/mol. The predicted octanol–water partition coefficient (Wildman–Crippen LogP) is 1.89. The molecule has 0 radical (unpaired) electrons. The van der Waals surface area contributed by atoms with Crippen LogP contribution >= 0.6 is 0 Å². The van der Waals surface area contributed by atoms with Crippen LogP contribution in [0.1, 0.15) is 26.2 Å². The van der Waals surface area contributed by atoms with Gasteiger partial charge in [-0.05, 0) is 25.0 Å². The first-order valence-corrected chi connectivity index (χ1v) is 9.69. The molecule has 0 bridgehead atoms. The molecule has 7 heteroatoms. The van der Waals surface area contributed by atoms with Gasteiger partial charge in [-0.25, -0.2) is 4.39 Å². The average Bonchev–Trinajstić information content (AvgIpc) is 3.18. The Morgan fingerprint density at radius 3 is 2.59 bits per heavy atom. The summed E-state index contributed by atoms with van der Waals surface area (Å²) in [6.45, 7) is 5.62. The van der Waals surface area contributed by atoms with Gasteiger partial charge in [-0.3, -0.25) is 9.59 Å². The quantitative estimate of drug-likeness (QED) is 0.760. The number of halogens is 1. The summed E-state index contributed by atoms with van der Waals surface area (Å²) in [5, 5.41) is 0. The maximum absolute atomic E-state index is 13.9. The van der Waals surface area contributed by atoms with Gasteiger partial charge in [0.05, 0.1) is 11.8 Å². The number of hydrogen-bond acceptors (Lipinski definition) is 4. The van der Waals surface area contributed by atoms with Crippen LogP contribution in [0.25, 0.3) is 0 Å². The molecule has 2 heterocycles. The molecule has 3 rings (SSSR count). The molecule has 0 N–H and O–H groups in total. The lowest BCUT2D eigenvalue weighted by Gasteiger charge is -2.36. The molecule has 1 unspecified atom stereocenters. The van der Waals surface area contributed by atoms with Gasteiger partial charge in [-0.1, -0.05) is 12.1 Å². The van der Waals surface area contributed by atoms with Gasteiger partial charge >= 0.3 is 0 Å². The largest absolute Gasteiger partial charge is 0.376 e. The standard InChI is InChI=1S/C20H28FN3O3/c1-16(25)24(15-17-5-4-14-27-17)9-8-20(26)23-12-10-22(11-13-23)19-7-3-2-6-18(19)21/h2-3,6-7,17H,4-5,8-15H2,1H3. The molecule has 2 amide bonds. The van der Waals surface area contributed by atoms with Crippen molar-refractivity contribution in [2.45, 2.75) is 32.3 Å². The van der Waals surface area contributed by atoms with E-state index in [0.717, 1.165) is 19.4 Å². The van der Waals surface area contributed by atoms with Crippen LogP contribution in [0.3, 0.4) is 0 Å². The van der Waals surface area contributed by atoms with Crippen molar-refractivity contribution < 1.29 is 18.7 Å². The molecule has 27 heavy (non-hydrogen) atoms. The van der Waals surface area contributed by atoms with Crippen LogP contribution in [0.4, 0.5) is 10.1 Å². The third-order valence-electron chi connectivity index (χ3n) is 5.31. The number of piperazine rings is 1. The number of benzene rings is 1. The highest BCUT2D eigenvalue weighted by Crippen LogP contribution is 2.20. The second kappa shape index (κ2) is 9.17. The van der Waals surface area contributed by atoms with Crippen molar-refractivity contribution in [3.8, 4) is 0 Å². The van der Waals surface area contributed by atoms with E-state index < -0.39 is 0 Å². The molecule has 0 aromatic heterocycles. The summed E-state index contributed by atoms with van der Waals surface area (Å²) in [5.74, 6) is -0.215. The number of carbonyl (C=O) groups is 2. The molecular formula is C20H28FN3O3. The Bertz CT molecular complexity index is 656. The fourth-order valence-electron chi connectivity index (χ4n) is 3.71. The second-order valence-electron chi connectivity index (χ2n) is 7.17. The van der Waals surface area contributed by atoms with E-state index >= 15 is 0 Å². The van der Waals surface area contributed by atoms with Crippen LogP contribution < -0.4 is 4.90 Å². The lowest BCUT2D eigenvalue weighted by molar-refractivity contribution is -0.134. The Morgan fingerprint density at radius 1 is 1.22 bits per heavy atom. The number of para-hydroxylation sites is 1. The molecule has 1 atom stereocenters. The zero-order valence-corrected chi connectivity index (χ0v) is 15.9. The zero-order valence-electron chi connectivity index (χ0n) is 15.9. The van der Waals surface area contributed by atoms with E-state index in [0.29, 0.717) is 51.4 Å². The van der Waals surface area contributed by atoms with Crippen molar-refractivity contribution in [3.05, 3.63) is 30.1 Å². The van der Waals surface area contributed by atoms with Crippen molar-refractivity contribution in [2.75, 3.05) is 50.8 Å². The molecular weight excluding hydrogens is 349 g/mol. The van der Waals surface area contributed by atoms with Crippen LogP contribution in [0.2, 0.25) is 0 Å². The summed E-state index contributed by atoms with van der Waals surface area (Å²) < 4.78 is 19.5. The lowest BCUT2D eigenvalue weighted by atomic mass is 10.2. The van der Waals surface area contributed by atoms with Gasteiger partial charge in [0, 0.05) is 59.2 Å². The Labute approximate surface area is 159 Å². The minimum atomic E-state index is -0.233. The fraction of sp³-hybridized carbons (Fsp3) is 0.600. The molecule has 0 spiro atoms. The highest BCUT2D eigenvalue weighted by Gasteiger charge is 2.25. The van der Waals surface area contributed by atoms with Crippen LogP contribution in [0.5, 0.6) is 0 Å². The van der Waals surface area contributed by atoms with E-state index in [1.54, 1.807) is 17.0 Å². The molecule has 2 aliphatic rings. The summed E-state index contributed by atoms with van der Waals surface area (Å²) in [4.78, 5) is 29.9. The van der Waals surface area contributed by atoms with Gasteiger partial charge in [-0.15, -0.1) is 0 Å². The summed E-state index contributed by atoms with van der Waals surface area (Å²) in [6.07, 6.45) is 2.40. The Hall–Kier alpha value is -2.15. The van der Waals surface area contributed by atoms with Gasteiger partial charge in [0.25, 0.3) is 0 Å². The lowest BCUT2D eigenvalue weighted by Crippen LogP contribution is -2.49. The van der Waals surface area contributed by atoms with Crippen molar-refractivity contribution in [1.82, 2.24) is 9.80 Å². The van der Waals surface area contributed by atoms with Crippen molar-refractivity contribution >= 4 is 17.5 Å². The maximum atomic E-state index is 13.9. The zero-order chi connectivity index (χ0) is 19.2. The summed E-state index contributed by atoms with van der Waals surface area (Å²) in [7, 11) is 0. The Kier molecular flexibility index (Phi) is 6.66. The summed E-state index contributed by atoms with van der Waals surface area (Å²) in [6, 6.07) is 6.72. The number of hydrogen-bond donors (Lipinski definition) is 0. The molecule has 148 valence electrons. The smallest absolute Gasteiger partial charge is 0.224 e. The molecule has 0 saturated carbocycles. The maximum Gasteiger partial charge on any atom is 0.224 e. The van der Waals surface area contributed by atoms with Crippen LogP contribution in [-0.2, 0) is 14.3 Å². The number of ether oxygens (including phenoxy) is 1. The molecule has 6 nitrogen and oxygen atoms in total. The first-order valence-electron chi connectivity index (χ1n) is 9.69. The first-order chi connectivity index (χ1) is 13.0. The highest BCUT2D eigenvalue weighted by molar-refractivity contribution is 5.78. The van der Waals surface area contributed by atoms with E-state index in [1.165, 1.54) is 13.0 Å². The van der Waals surface area contributed by atoms with E-state index in [4.69, 9.17) is 4.74 Å². The Morgan fingerprint density at radius 2 is 1.96 bits per heavy atom. The third kappa shape index (κ3) is 5.19. The van der Waals surface area contributed by atoms with Crippen molar-refractivity contribution in [3.63, 3.8) is 0 Å². The molecule has 2 fully saturated rings. The fourth-order valence-corrected chi connectivity index (χ4v) is 3.71. The minimum absolute atomic E-state index is 0.0253. The van der Waals surface area contributed by atoms with Gasteiger partial charge in [0.2, 0.25) is 11.8 Å². The second-order valence-corrected chi connectivity index (χ2v) is 7.17. The molecule has 2 saturated heterocycles. The van der Waals surface area contributed by atoms with E-state index in [9.17, 15) is 14.0 Å². The normalized spacial score (nSPS) is 20.0. The topological polar surface area (TPSA) is 53.1 Å². The molecule has 1 aromatic rings. The van der Waals surface area contributed by atoms with Crippen LogP contribution in [-0.4, -0.2) is 73.6 Å². The van der Waals surface area contributed by atoms with Gasteiger partial charge < -0.3 is 19.4 Å². The van der Waals surface area contributed by atoms with Crippen molar-refractivity contribution in [1.29, 1.82) is 0 Å². The molecule has 1 aromatic carbocycles. The highest BCUT2D eigenvalue weighted by atomic mass is 19.1. The van der Waals surface area contributed by atoms with Gasteiger partial charge in [0.15, 0.2) is 0 Å².